The molecular weight excluding hydrogens is 262 g/mol. The van der Waals surface area contributed by atoms with Crippen LogP contribution in [0.25, 0.3) is 11.3 Å². The summed E-state index contributed by atoms with van der Waals surface area (Å²) in [5.41, 5.74) is 2.22. The molecule has 0 N–H and O–H groups in total. The number of thiazole rings is 1. The highest BCUT2D eigenvalue weighted by atomic mass is 35.5. The van der Waals surface area contributed by atoms with Crippen LogP contribution < -0.4 is 0 Å². The Morgan fingerprint density at radius 3 is 2.56 bits per heavy atom. The van der Waals surface area contributed by atoms with Crippen LogP contribution in [-0.4, -0.2) is 4.98 Å². The Hall–Kier alpha value is -0.860. The lowest BCUT2D eigenvalue weighted by Crippen LogP contribution is -1.95. The SMILES string of the molecule is CCCC(CC)c1nc(-c2ccc(Cl)cc2)cs1. The smallest absolute Gasteiger partial charge is 0.0963 e. The molecule has 0 bridgehead atoms. The van der Waals surface area contributed by atoms with Crippen LogP contribution in [0, 0.1) is 0 Å². The summed E-state index contributed by atoms with van der Waals surface area (Å²) in [6.07, 6.45) is 3.61. The summed E-state index contributed by atoms with van der Waals surface area (Å²) < 4.78 is 0. The summed E-state index contributed by atoms with van der Waals surface area (Å²) in [7, 11) is 0. The maximum atomic E-state index is 5.90. The lowest BCUT2D eigenvalue weighted by atomic mass is 10.0. The summed E-state index contributed by atoms with van der Waals surface area (Å²) in [5, 5.41) is 4.19. The molecule has 18 heavy (non-hydrogen) atoms. The minimum absolute atomic E-state index is 0.612. The van der Waals surface area contributed by atoms with E-state index in [9.17, 15) is 0 Å². The first kappa shape index (κ1) is 13.6. The molecule has 2 rings (SSSR count). The van der Waals surface area contributed by atoms with Gasteiger partial charge in [0.15, 0.2) is 0 Å². The van der Waals surface area contributed by atoms with E-state index in [4.69, 9.17) is 16.6 Å². The van der Waals surface area contributed by atoms with Crippen molar-refractivity contribution in [3.8, 4) is 11.3 Å². The Labute approximate surface area is 118 Å². The Kier molecular flexibility index (Phi) is 4.79. The number of hydrogen-bond acceptors (Lipinski definition) is 2. The highest BCUT2D eigenvalue weighted by Crippen LogP contribution is 2.31. The average Bonchev–Trinajstić information content (AvgIpc) is 2.86. The third kappa shape index (κ3) is 3.12. The number of aromatic nitrogens is 1. The van der Waals surface area contributed by atoms with Crippen LogP contribution in [-0.2, 0) is 0 Å². The number of rotatable bonds is 5. The van der Waals surface area contributed by atoms with Crippen molar-refractivity contribution in [1.82, 2.24) is 4.98 Å². The van der Waals surface area contributed by atoms with Gasteiger partial charge in [-0.25, -0.2) is 4.98 Å². The molecule has 0 aliphatic carbocycles. The molecular formula is C15H18ClNS. The predicted molar refractivity (Wildman–Crippen MR) is 80.5 cm³/mol. The third-order valence-corrected chi connectivity index (χ3v) is 4.40. The van der Waals surface area contributed by atoms with Gasteiger partial charge in [0.2, 0.25) is 0 Å². The van der Waals surface area contributed by atoms with Crippen LogP contribution in [0.15, 0.2) is 29.6 Å². The molecule has 1 heterocycles. The van der Waals surface area contributed by atoms with Crippen molar-refractivity contribution in [3.63, 3.8) is 0 Å². The van der Waals surface area contributed by atoms with E-state index in [1.165, 1.54) is 24.3 Å². The summed E-state index contributed by atoms with van der Waals surface area (Å²) in [5.74, 6) is 0.612. The van der Waals surface area contributed by atoms with Crippen molar-refractivity contribution >= 4 is 22.9 Å². The highest BCUT2D eigenvalue weighted by Gasteiger charge is 2.13. The van der Waals surface area contributed by atoms with Crippen LogP contribution in [0.2, 0.25) is 5.02 Å². The first-order valence-corrected chi connectivity index (χ1v) is 7.71. The maximum absolute atomic E-state index is 5.90. The second kappa shape index (κ2) is 6.35. The summed E-state index contributed by atoms with van der Waals surface area (Å²) in [6, 6.07) is 7.89. The second-order valence-corrected chi connectivity index (χ2v) is 5.80. The lowest BCUT2D eigenvalue weighted by molar-refractivity contribution is 0.593. The van der Waals surface area contributed by atoms with Gasteiger partial charge in [0.1, 0.15) is 0 Å². The number of nitrogens with zero attached hydrogens (tertiary/aromatic N) is 1. The minimum atomic E-state index is 0.612. The standard InChI is InChI=1S/C15H18ClNS/c1-3-5-11(4-2)15-17-14(10-18-15)12-6-8-13(16)9-7-12/h6-11H,3-5H2,1-2H3. The molecule has 0 aliphatic rings. The molecule has 96 valence electrons. The lowest BCUT2D eigenvalue weighted by Gasteiger charge is -2.09. The Morgan fingerprint density at radius 1 is 1.22 bits per heavy atom. The number of halogens is 1. The zero-order valence-electron chi connectivity index (χ0n) is 10.8. The highest BCUT2D eigenvalue weighted by molar-refractivity contribution is 7.10. The molecule has 1 unspecified atom stereocenters. The summed E-state index contributed by atoms with van der Waals surface area (Å²) >= 11 is 7.68. The molecule has 0 saturated carbocycles. The first-order chi connectivity index (χ1) is 8.74. The van der Waals surface area contributed by atoms with E-state index in [1.807, 2.05) is 24.3 Å². The normalized spacial score (nSPS) is 12.6. The largest absolute Gasteiger partial charge is 0.241 e. The molecule has 1 atom stereocenters. The van der Waals surface area contributed by atoms with Crippen molar-refractivity contribution in [1.29, 1.82) is 0 Å². The summed E-state index contributed by atoms with van der Waals surface area (Å²) in [4.78, 5) is 4.78. The average molecular weight is 280 g/mol. The fourth-order valence-electron chi connectivity index (χ4n) is 2.08. The van der Waals surface area contributed by atoms with Gasteiger partial charge in [-0.15, -0.1) is 11.3 Å². The van der Waals surface area contributed by atoms with E-state index in [1.54, 1.807) is 11.3 Å². The summed E-state index contributed by atoms with van der Waals surface area (Å²) in [6.45, 7) is 4.47. The maximum Gasteiger partial charge on any atom is 0.0963 e. The van der Waals surface area contributed by atoms with Crippen molar-refractivity contribution in [2.24, 2.45) is 0 Å². The Balaban J connectivity index is 2.21. The fourth-order valence-corrected chi connectivity index (χ4v) is 3.25. The molecule has 0 aliphatic heterocycles. The molecule has 0 radical (unpaired) electrons. The molecule has 1 aromatic heterocycles. The minimum Gasteiger partial charge on any atom is -0.241 e. The van der Waals surface area contributed by atoms with Gasteiger partial charge in [0, 0.05) is 21.9 Å². The van der Waals surface area contributed by atoms with Gasteiger partial charge in [-0.3, -0.25) is 0 Å². The van der Waals surface area contributed by atoms with E-state index >= 15 is 0 Å². The predicted octanol–water partition coefficient (Wildman–Crippen LogP) is 5.76. The molecule has 1 aromatic carbocycles. The van der Waals surface area contributed by atoms with Crippen LogP contribution in [0.4, 0.5) is 0 Å². The van der Waals surface area contributed by atoms with Gasteiger partial charge in [-0.2, -0.15) is 0 Å². The quantitative estimate of drug-likeness (QED) is 0.678. The van der Waals surface area contributed by atoms with Gasteiger partial charge in [-0.1, -0.05) is 44.0 Å². The molecule has 2 aromatic rings. The van der Waals surface area contributed by atoms with E-state index in [0.29, 0.717) is 5.92 Å². The monoisotopic (exact) mass is 279 g/mol. The Bertz CT molecular complexity index is 489. The fraction of sp³-hybridized carbons (Fsp3) is 0.400. The van der Waals surface area contributed by atoms with E-state index < -0.39 is 0 Å². The topological polar surface area (TPSA) is 12.9 Å². The van der Waals surface area contributed by atoms with Crippen molar-refractivity contribution < 1.29 is 0 Å². The van der Waals surface area contributed by atoms with Crippen LogP contribution in [0.3, 0.4) is 0 Å². The number of hydrogen-bond donors (Lipinski definition) is 0. The molecule has 0 fully saturated rings. The van der Waals surface area contributed by atoms with E-state index in [0.717, 1.165) is 16.3 Å². The van der Waals surface area contributed by atoms with Gasteiger partial charge >= 0.3 is 0 Å². The van der Waals surface area contributed by atoms with Gasteiger partial charge in [-0.05, 0) is 25.0 Å². The van der Waals surface area contributed by atoms with E-state index in [2.05, 4.69) is 19.2 Å². The third-order valence-electron chi connectivity index (χ3n) is 3.14. The molecule has 3 heteroatoms. The first-order valence-electron chi connectivity index (χ1n) is 6.46. The van der Waals surface area contributed by atoms with Crippen molar-refractivity contribution in [2.75, 3.05) is 0 Å². The van der Waals surface area contributed by atoms with Crippen molar-refractivity contribution in [3.05, 3.63) is 39.7 Å². The number of benzene rings is 1. The van der Waals surface area contributed by atoms with Gasteiger partial charge in [0.05, 0.1) is 10.7 Å². The molecule has 0 spiro atoms. The molecule has 1 nitrogen and oxygen atoms in total. The Morgan fingerprint density at radius 2 is 1.94 bits per heavy atom. The van der Waals surface area contributed by atoms with Crippen LogP contribution in [0.1, 0.15) is 44.0 Å². The molecule has 0 saturated heterocycles. The second-order valence-electron chi connectivity index (χ2n) is 4.47. The van der Waals surface area contributed by atoms with Gasteiger partial charge in [0.25, 0.3) is 0 Å². The molecule has 0 amide bonds. The zero-order valence-corrected chi connectivity index (χ0v) is 12.4. The zero-order chi connectivity index (χ0) is 13.0. The van der Waals surface area contributed by atoms with Crippen LogP contribution in [0.5, 0.6) is 0 Å². The van der Waals surface area contributed by atoms with Gasteiger partial charge < -0.3 is 0 Å². The van der Waals surface area contributed by atoms with E-state index in [-0.39, 0.29) is 0 Å². The van der Waals surface area contributed by atoms with Crippen LogP contribution >= 0.6 is 22.9 Å². The van der Waals surface area contributed by atoms with Crippen molar-refractivity contribution in [2.45, 2.75) is 39.0 Å².